The van der Waals surface area contributed by atoms with Crippen LogP contribution in [0.2, 0.25) is 0 Å². The van der Waals surface area contributed by atoms with Gasteiger partial charge in [0.2, 0.25) is 5.95 Å². The number of aliphatic hydroxyl groups is 2. The maximum Gasteiger partial charge on any atom is 0.333 e. The van der Waals surface area contributed by atoms with Crippen LogP contribution in [0.3, 0.4) is 0 Å². The van der Waals surface area contributed by atoms with Crippen molar-refractivity contribution in [3.8, 4) is 12.3 Å². The summed E-state index contributed by atoms with van der Waals surface area (Å²) in [5.41, 5.74) is 4.34. The van der Waals surface area contributed by atoms with Crippen molar-refractivity contribution in [3.63, 3.8) is 0 Å². The average Bonchev–Trinajstić information content (AvgIpc) is 2.98. The first-order chi connectivity index (χ1) is 11.0. The lowest BCUT2D eigenvalue weighted by molar-refractivity contribution is -0.0443. The van der Waals surface area contributed by atoms with E-state index >= 15 is 0 Å². The predicted molar refractivity (Wildman–Crippen MR) is 79.5 cm³/mol. The first-order valence-corrected chi connectivity index (χ1v) is 6.86. The minimum absolute atomic E-state index is 0.0160. The fraction of sp³-hybridized carbons (Fsp3) is 0.462. The third kappa shape index (κ3) is 2.31. The van der Waals surface area contributed by atoms with Crippen molar-refractivity contribution in [2.24, 2.45) is 0 Å². The molecule has 1 aliphatic heterocycles. The molecule has 0 radical (unpaired) electrons. The van der Waals surface area contributed by atoms with Crippen LogP contribution in [0.5, 0.6) is 0 Å². The molecular weight excluding hydrogens is 306 g/mol. The van der Waals surface area contributed by atoms with Crippen molar-refractivity contribution in [1.82, 2.24) is 19.1 Å². The number of anilines is 1. The number of aliphatic hydroxyl groups excluding tert-OH is 2. The summed E-state index contributed by atoms with van der Waals surface area (Å²) in [6, 6.07) is 0. The number of nitrogen functional groups attached to an aromatic ring is 1. The highest BCUT2D eigenvalue weighted by Gasteiger charge is 2.37. The molecule has 1 fully saturated rings. The molecule has 122 valence electrons. The molecule has 23 heavy (non-hydrogen) atoms. The van der Waals surface area contributed by atoms with Gasteiger partial charge in [-0.25, -0.2) is 9.36 Å². The van der Waals surface area contributed by atoms with Crippen LogP contribution in [0, 0.1) is 12.3 Å². The van der Waals surface area contributed by atoms with E-state index in [-0.39, 0.29) is 30.1 Å². The van der Waals surface area contributed by atoms with E-state index in [0.717, 1.165) is 9.13 Å². The molecule has 1 saturated heterocycles. The van der Waals surface area contributed by atoms with Gasteiger partial charge in [-0.2, -0.15) is 4.98 Å². The van der Waals surface area contributed by atoms with Crippen molar-refractivity contribution in [3.05, 3.63) is 20.8 Å². The molecule has 1 aliphatic rings. The average molecular weight is 321 g/mol. The van der Waals surface area contributed by atoms with Gasteiger partial charge in [-0.3, -0.25) is 14.3 Å². The maximum absolute atomic E-state index is 12.6. The molecule has 5 N–H and O–H groups in total. The lowest BCUT2D eigenvalue weighted by Gasteiger charge is -2.12. The highest BCUT2D eigenvalue weighted by atomic mass is 16.5. The minimum atomic E-state index is -0.942. The standard InChI is InChI=1S/C13H15N5O5/c1-2-3-17-9-10(15-12(14)16-11(9)21)18(13(17)22)8-4-6(20)7(5-19)23-8/h1,6-8,19-20H,3-5H2,(H3,14,15,16,21). The van der Waals surface area contributed by atoms with E-state index in [4.69, 9.17) is 22.0 Å². The Bertz CT molecular complexity index is 904. The Balaban J connectivity index is 2.26. The van der Waals surface area contributed by atoms with E-state index in [0.29, 0.717) is 0 Å². The second kappa shape index (κ2) is 5.54. The van der Waals surface area contributed by atoms with Gasteiger partial charge in [-0.1, -0.05) is 5.92 Å². The number of nitrogens with two attached hydrogens (primary N) is 1. The number of aromatic amines is 1. The van der Waals surface area contributed by atoms with Gasteiger partial charge in [0.25, 0.3) is 5.56 Å². The van der Waals surface area contributed by atoms with E-state index in [2.05, 4.69) is 15.9 Å². The van der Waals surface area contributed by atoms with Gasteiger partial charge in [0.1, 0.15) is 12.3 Å². The lowest BCUT2D eigenvalue weighted by atomic mass is 10.2. The Labute approximate surface area is 129 Å². The van der Waals surface area contributed by atoms with Crippen LogP contribution >= 0.6 is 0 Å². The summed E-state index contributed by atoms with van der Waals surface area (Å²) in [6.45, 7) is -0.527. The van der Waals surface area contributed by atoms with Crippen LogP contribution in [0.25, 0.3) is 11.2 Å². The maximum atomic E-state index is 12.6. The van der Waals surface area contributed by atoms with Crippen molar-refractivity contribution < 1.29 is 14.9 Å². The molecule has 2 aromatic heterocycles. The van der Waals surface area contributed by atoms with Crippen molar-refractivity contribution >= 4 is 17.1 Å². The molecule has 10 heteroatoms. The summed E-state index contributed by atoms with van der Waals surface area (Å²) < 4.78 is 7.68. The van der Waals surface area contributed by atoms with E-state index < -0.39 is 36.3 Å². The van der Waals surface area contributed by atoms with Crippen LogP contribution in [0.15, 0.2) is 9.59 Å². The number of imidazole rings is 1. The van der Waals surface area contributed by atoms with Gasteiger partial charge < -0.3 is 20.7 Å². The van der Waals surface area contributed by atoms with Crippen molar-refractivity contribution in [2.75, 3.05) is 12.3 Å². The normalized spacial score (nSPS) is 24.1. The Morgan fingerprint density at radius 2 is 2.26 bits per heavy atom. The fourth-order valence-corrected chi connectivity index (χ4v) is 2.73. The first-order valence-electron chi connectivity index (χ1n) is 6.86. The molecule has 0 bridgehead atoms. The molecule has 0 amide bonds. The zero-order valence-electron chi connectivity index (χ0n) is 12.0. The van der Waals surface area contributed by atoms with E-state index in [1.54, 1.807) is 0 Å². The molecule has 3 unspecified atom stereocenters. The van der Waals surface area contributed by atoms with Crippen LogP contribution < -0.4 is 17.0 Å². The number of H-pyrrole nitrogens is 1. The first kappa shape index (κ1) is 15.3. The van der Waals surface area contributed by atoms with Gasteiger partial charge >= 0.3 is 5.69 Å². The van der Waals surface area contributed by atoms with E-state index in [9.17, 15) is 14.7 Å². The second-order valence-corrected chi connectivity index (χ2v) is 5.18. The molecule has 0 saturated carbocycles. The molecule has 10 nitrogen and oxygen atoms in total. The van der Waals surface area contributed by atoms with Gasteiger partial charge in [-0.15, -0.1) is 6.42 Å². The van der Waals surface area contributed by atoms with Gasteiger partial charge in [0.15, 0.2) is 11.2 Å². The molecule has 0 aromatic carbocycles. The molecule has 0 spiro atoms. The molecule has 3 rings (SSSR count). The molecule has 0 aliphatic carbocycles. The smallest absolute Gasteiger partial charge is 0.333 e. The monoisotopic (exact) mass is 321 g/mol. The quantitative estimate of drug-likeness (QED) is 0.466. The fourth-order valence-electron chi connectivity index (χ4n) is 2.73. The number of aromatic nitrogens is 4. The summed E-state index contributed by atoms with van der Waals surface area (Å²) in [5, 5.41) is 19.0. The summed E-state index contributed by atoms with van der Waals surface area (Å²) in [6.07, 6.45) is 2.66. The predicted octanol–water partition coefficient (Wildman–Crippen LogP) is -2.26. The minimum Gasteiger partial charge on any atom is -0.394 e. The highest BCUT2D eigenvalue weighted by Crippen LogP contribution is 2.29. The van der Waals surface area contributed by atoms with Crippen LogP contribution in [0.1, 0.15) is 12.6 Å². The second-order valence-electron chi connectivity index (χ2n) is 5.18. The Morgan fingerprint density at radius 1 is 1.52 bits per heavy atom. The molecule has 2 aromatic rings. The largest absolute Gasteiger partial charge is 0.394 e. The Kier molecular flexibility index (Phi) is 3.69. The number of rotatable bonds is 3. The summed E-state index contributed by atoms with van der Waals surface area (Å²) in [7, 11) is 0. The topological polar surface area (TPSA) is 148 Å². The molecular formula is C13H15N5O5. The van der Waals surface area contributed by atoms with E-state index in [1.807, 2.05) is 0 Å². The molecule has 3 atom stereocenters. The third-order valence-corrected chi connectivity index (χ3v) is 3.75. The van der Waals surface area contributed by atoms with Crippen molar-refractivity contribution in [2.45, 2.75) is 31.4 Å². The number of ether oxygens (including phenoxy) is 1. The highest BCUT2D eigenvalue weighted by molar-refractivity contribution is 5.71. The summed E-state index contributed by atoms with van der Waals surface area (Å²) in [5.74, 6) is 2.14. The van der Waals surface area contributed by atoms with Crippen LogP contribution in [-0.4, -0.2) is 48.1 Å². The van der Waals surface area contributed by atoms with Crippen LogP contribution in [-0.2, 0) is 11.3 Å². The Morgan fingerprint density at radius 3 is 2.87 bits per heavy atom. The number of nitrogens with zero attached hydrogens (tertiary/aromatic N) is 3. The zero-order chi connectivity index (χ0) is 16.7. The van der Waals surface area contributed by atoms with Gasteiger partial charge in [0, 0.05) is 6.42 Å². The number of hydrogen-bond acceptors (Lipinski definition) is 7. The number of fused-ring (bicyclic) bond motifs is 1. The van der Waals surface area contributed by atoms with Gasteiger partial charge in [0.05, 0.1) is 19.3 Å². The lowest BCUT2D eigenvalue weighted by Crippen LogP contribution is -2.28. The molecule has 3 heterocycles. The van der Waals surface area contributed by atoms with Gasteiger partial charge in [-0.05, 0) is 0 Å². The van der Waals surface area contributed by atoms with Crippen molar-refractivity contribution in [1.29, 1.82) is 0 Å². The SMILES string of the molecule is C#CCn1c(=O)n(C2CC(O)C(CO)O2)c2nc(N)[nH]c(=O)c21. The summed E-state index contributed by atoms with van der Waals surface area (Å²) in [4.78, 5) is 31.0. The third-order valence-electron chi connectivity index (χ3n) is 3.75. The Hall–Kier alpha value is -2.61. The summed E-state index contributed by atoms with van der Waals surface area (Å²) >= 11 is 0. The zero-order valence-corrected chi connectivity index (χ0v) is 12.0. The van der Waals surface area contributed by atoms with E-state index in [1.165, 1.54) is 0 Å². The van der Waals surface area contributed by atoms with Crippen LogP contribution in [0.4, 0.5) is 5.95 Å². The number of nitrogens with one attached hydrogen (secondary N) is 1. The number of hydrogen-bond donors (Lipinski definition) is 4. The number of terminal acetylenes is 1.